The monoisotopic (exact) mass is 258 g/mol. The molecule has 0 saturated carbocycles. The SMILES string of the molecule is C=CCNC(=O)c1cc(-c2ccccc2OC)on1. The zero-order valence-electron chi connectivity index (χ0n) is 10.6. The Bertz CT molecular complexity index is 590. The van der Waals surface area contributed by atoms with Gasteiger partial charge in [-0.2, -0.15) is 0 Å². The third-order valence-corrected chi connectivity index (χ3v) is 2.52. The van der Waals surface area contributed by atoms with Crippen molar-refractivity contribution in [1.82, 2.24) is 10.5 Å². The number of hydrogen-bond acceptors (Lipinski definition) is 4. The zero-order chi connectivity index (χ0) is 13.7. The highest BCUT2D eigenvalue weighted by atomic mass is 16.5. The lowest BCUT2D eigenvalue weighted by Crippen LogP contribution is -2.23. The van der Waals surface area contributed by atoms with Gasteiger partial charge in [0.1, 0.15) is 5.75 Å². The molecule has 0 radical (unpaired) electrons. The maximum atomic E-state index is 11.7. The molecular formula is C14H14N2O3. The first kappa shape index (κ1) is 12.9. The molecule has 1 heterocycles. The van der Waals surface area contributed by atoms with Gasteiger partial charge in [0.05, 0.1) is 12.7 Å². The number of aromatic nitrogens is 1. The number of amides is 1. The van der Waals surface area contributed by atoms with Crippen molar-refractivity contribution in [2.75, 3.05) is 13.7 Å². The van der Waals surface area contributed by atoms with Crippen molar-refractivity contribution in [2.45, 2.75) is 0 Å². The highest BCUT2D eigenvalue weighted by Crippen LogP contribution is 2.29. The molecule has 2 rings (SSSR count). The normalized spacial score (nSPS) is 9.95. The van der Waals surface area contributed by atoms with Crippen LogP contribution in [0, 0.1) is 0 Å². The van der Waals surface area contributed by atoms with Crippen LogP contribution in [0.3, 0.4) is 0 Å². The Hall–Kier alpha value is -2.56. The van der Waals surface area contributed by atoms with E-state index in [1.807, 2.05) is 24.3 Å². The summed E-state index contributed by atoms with van der Waals surface area (Å²) in [7, 11) is 1.58. The van der Waals surface area contributed by atoms with Crippen molar-refractivity contribution in [1.29, 1.82) is 0 Å². The summed E-state index contributed by atoms with van der Waals surface area (Å²) in [5.74, 6) is 0.850. The molecule has 5 nitrogen and oxygen atoms in total. The lowest BCUT2D eigenvalue weighted by Gasteiger charge is -2.03. The fraction of sp³-hybridized carbons (Fsp3) is 0.143. The molecule has 0 aliphatic heterocycles. The Morgan fingerprint density at radius 3 is 3.05 bits per heavy atom. The summed E-state index contributed by atoms with van der Waals surface area (Å²) in [5.41, 5.74) is 0.975. The minimum absolute atomic E-state index is 0.225. The van der Waals surface area contributed by atoms with E-state index in [1.54, 1.807) is 19.3 Å². The number of hydrogen-bond donors (Lipinski definition) is 1. The van der Waals surface area contributed by atoms with Crippen LogP contribution in [0.15, 0.2) is 47.5 Å². The third kappa shape index (κ3) is 2.82. The summed E-state index contributed by atoms with van der Waals surface area (Å²) in [6.07, 6.45) is 1.60. The maximum Gasteiger partial charge on any atom is 0.273 e. The van der Waals surface area contributed by atoms with Crippen LogP contribution in [0.5, 0.6) is 5.75 Å². The van der Waals surface area contributed by atoms with Crippen LogP contribution in [-0.4, -0.2) is 24.7 Å². The van der Waals surface area contributed by atoms with E-state index in [0.29, 0.717) is 18.1 Å². The van der Waals surface area contributed by atoms with Crippen molar-refractivity contribution in [3.05, 3.63) is 48.7 Å². The minimum Gasteiger partial charge on any atom is -0.496 e. The second kappa shape index (κ2) is 5.86. The van der Waals surface area contributed by atoms with Crippen molar-refractivity contribution >= 4 is 5.91 Å². The van der Waals surface area contributed by atoms with Crippen LogP contribution in [0.2, 0.25) is 0 Å². The molecule has 1 N–H and O–H groups in total. The van der Waals surface area contributed by atoms with Gasteiger partial charge in [0, 0.05) is 12.6 Å². The van der Waals surface area contributed by atoms with Gasteiger partial charge in [0.25, 0.3) is 5.91 Å². The molecule has 0 unspecified atom stereocenters. The Labute approximate surface area is 110 Å². The third-order valence-electron chi connectivity index (χ3n) is 2.52. The average molecular weight is 258 g/mol. The summed E-state index contributed by atoms with van der Waals surface area (Å²) in [5, 5.41) is 6.38. The summed E-state index contributed by atoms with van der Waals surface area (Å²) in [4.78, 5) is 11.7. The molecule has 0 fully saturated rings. The fourth-order valence-corrected chi connectivity index (χ4v) is 1.61. The molecule has 1 amide bonds. The molecule has 1 aromatic carbocycles. The van der Waals surface area contributed by atoms with E-state index in [9.17, 15) is 4.79 Å². The highest BCUT2D eigenvalue weighted by Gasteiger charge is 2.15. The summed E-state index contributed by atoms with van der Waals surface area (Å²) in [6.45, 7) is 3.91. The number of methoxy groups -OCH3 is 1. The Morgan fingerprint density at radius 2 is 2.32 bits per heavy atom. The maximum absolute atomic E-state index is 11.7. The van der Waals surface area contributed by atoms with Crippen molar-refractivity contribution in [2.24, 2.45) is 0 Å². The molecule has 0 spiro atoms. The molecule has 0 aliphatic rings. The van der Waals surface area contributed by atoms with Crippen molar-refractivity contribution < 1.29 is 14.1 Å². The van der Waals surface area contributed by atoms with Crippen LogP contribution in [0.1, 0.15) is 10.5 Å². The average Bonchev–Trinajstić information content (AvgIpc) is 2.94. The van der Waals surface area contributed by atoms with Crippen molar-refractivity contribution in [3.8, 4) is 17.1 Å². The fourth-order valence-electron chi connectivity index (χ4n) is 1.61. The lowest BCUT2D eigenvalue weighted by atomic mass is 10.1. The van der Waals surface area contributed by atoms with Crippen LogP contribution >= 0.6 is 0 Å². The van der Waals surface area contributed by atoms with E-state index in [0.717, 1.165) is 5.56 Å². The predicted octanol–water partition coefficient (Wildman–Crippen LogP) is 2.27. The zero-order valence-corrected chi connectivity index (χ0v) is 10.6. The molecule has 0 saturated heterocycles. The Morgan fingerprint density at radius 1 is 1.53 bits per heavy atom. The molecule has 0 bridgehead atoms. The molecule has 5 heteroatoms. The number of rotatable bonds is 5. The van der Waals surface area contributed by atoms with Gasteiger partial charge in [-0.05, 0) is 12.1 Å². The van der Waals surface area contributed by atoms with Gasteiger partial charge < -0.3 is 14.6 Å². The van der Waals surface area contributed by atoms with Gasteiger partial charge in [-0.15, -0.1) is 6.58 Å². The molecule has 0 aliphatic carbocycles. The topological polar surface area (TPSA) is 64.4 Å². The van der Waals surface area contributed by atoms with Crippen LogP contribution in [0.25, 0.3) is 11.3 Å². The van der Waals surface area contributed by atoms with E-state index < -0.39 is 0 Å². The lowest BCUT2D eigenvalue weighted by molar-refractivity contribution is 0.0949. The summed E-state index contributed by atoms with van der Waals surface area (Å²) < 4.78 is 10.4. The van der Waals surface area contributed by atoms with Crippen LogP contribution in [0.4, 0.5) is 0 Å². The number of carbonyl (C=O) groups is 1. The van der Waals surface area contributed by atoms with E-state index in [4.69, 9.17) is 9.26 Å². The van der Waals surface area contributed by atoms with Gasteiger partial charge >= 0.3 is 0 Å². The van der Waals surface area contributed by atoms with E-state index >= 15 is 0 Å². The van der Waals surface area contributed by atoms with Gasteiger partial charge in [-0.1, -0.05) is 23.4 Å². The molecule has 98 valence electrons. The Kier molecular flexibility index (Phi) is 3.97. The first-order valence-corrected chi connectivity index (χ1v) is 5.75. The number of nitrogens with zero attached hydrogens (tertiary/aromatic N) is 1. The second-order valence-electron chi connectivity index (χ2n) is 3.78. The predicted molar refractivity (Wildman–Crippen MR) is 71.0 cm³/mol. The standard InChI is InChI=1S/C14H14N2O3/c1-3-8-15-14(17)11-9-13(19-16-11)10-6-4-5-7-12(10)18-2/h3-7,9H,1,8H2,2H3,(H,15,17). The van der Waals surface area contributed by atoms with E-state index in [2.05, 4.69) is 17.1 Å². The van der Waals surface area contributed by atoms with Gasteiger partial charge in [-0.3, -0.25) is 4.79 Å². The van der Waals surface area contributed by atoms with Crippen LogP contribution < -0.4 is 10.1 Å². The summed E-state index contributed by atoms with van der Waals surface area (Å²) >= 11 is 0. The molecule has 19 heavy (non-hydrogen) atoms. The van der Waals surface area contributed by atoms with E-state index in [-0.39, 0.29) is 11.6 Å². The number of benzene rings is 1. The minimum atomic E-state index is -0.301. The van der Waals surface area contributed by atoms with Gasteiger partial charge in [0.2, 0.25) is 0 Å². The highest BCUT2D eigenvalue weighted by molar-refractivity contribution is 5.93. The molecule has 1 aromatic heterocycles. The quantitative estimate of drug-likeness (QED) is 0.835. The van der Waals surface area contributed by atoms with Crippen molar-refractivity contribution in [3.63, 3.8) is 0 Å². The van der Waals surface area contributed by atoms with E-state index in [1.165, 1.54) is 0 Å². The largest absolute Gasteiger partial charge is 0.496 e. The van der Waals surface area contributed by atoms with Crippen LogP contribution in [-0.2, 0) is 0 Å². The number of carbonyl (C=O) groups excluding carboxylic acids is 1. The smallest absolute Gasteiger partial charge is 0.273 e. The second-order valence-corrected chi connectivity index (χ2v) is 3.78. The Balaban J connectivity index is 2.25. The first-order valence-electron chi connectivity index (χ1n) is 5.75. The molecular weight excluding hydrogens is 244 g/mol. The summed E-state index contributed by atoms with van der Waals surface area (Å²) in [6, 6.07) is 8.95. The van der Waals surface area contributed by atoms with Gasteiger partial charge in [-0.25, -0.2) is 0 Å². The number of ether oxygens (including phenoxy) is 1. The number of nitrogens with one attached hydrogen (secondary N) is 1. The molecule has 2 aromatic rings. The van der Waals surface area contributed by atoms with Gasteiger partial charge in [0.15, 0.2) is 11.5 Å². The number of para-hydroxylation sites is 1. The molecule has 0 atom stereocenters. The first-order chi connectivity index (χ1) is 9.26.